The van der Waals surface area contributed by atoms with E-state index in [0.717, 1.165) is 11.1 Å². The van der Waals surface area contributed by atoms with Gasteiger partial charge in [-0.3, -0.25) is 0 Å². The molecule has 0 aliphatic carbocycles. The molecule has 1 aromatic heterocycles. The van der Waals surface area contributed by atoms with Crippen molar-refractivity contribution in [1.82, 2.24) is 14.9 Å². The van der Waals surface area contributed by atoms with Crippen molar-refractivity contribution in [2.75, 3.05) is 13.9 Å². The maximum atomic E-state index is 5.41. The van der Waals surface area contributed by atoms with E-state index in [1.807, 2.05) is 36.4 Å². The van der Waals surface area contributed by atoms with Gasteiger partial charge in [-0.1, -0.05) is 30.3 Å². The molecule has 4 rings (SSSR count). The molecule has 7 nitrogen and oxygen atoms in total. The van der Waals surface area contributed by atoms with Gasteiger partial charge in [-0.05, 0) is 18.3 Å². The van der Waals surface area contributed by atoms with Crippen molar-refractivity contribution in [1.29, 1.82) is 0 Å². The molecule has 0 atom stereocenters. The van der Waals surface area contributed by atoms with Crippen LogP contribution in [0.2, 0.25) is 0 Å². The Labute approximate surface area is 148 Å². The van der Waals surface area contributed by atoms with Gasteiger partial charge in [-0.15, -0.1) is 0 Å². The first-order valence-electron chi connectivity index (χ1n) is 7.51. The van der Waals surface area contributed by atoms with Crippen molar-refractivity contribution in [3.63, 3.8) is 0 Å². The van der Waals surface area contributed by atoms with Crippen LogP contribution in [-0.4, -0.2) is 35.0 Å². The Bertz CT molecular complexity index is 995. The number of aromatic nitrogens is 3. The molecule has 1 N–H and O–H groups in total. The van der Waals surface area contributed by atoms with Crippen LogP contribution >= 0.6 is 12.2 Å². The Hall–Kier alpha value is -3.13. The van der Waals surface area contributed by atoms with Crippen LogP contribution in [0.3, 0.4) is 0 Å². The van der Waals surface area contributed by atoms with Crippen LogP contribution in [0.4, 0.5) is 0 Å². The SMILES string of the molecule is COc1cc2c(cc1/C=N\n1c(-c3ccccc3)n[nH]c1=S)OCO2. The minimum absolute atomic E-state index is 0.198. The van der Waals surface area contributed by atoms with E-state index in [1.54, 1.807) is 24.1 Å². The Balaban J connectivity index is 1.74. The summed E-state index contributed by atoms with van der Waals surface area (Å²) in [7, 11) is 1.59. The van der Waals surface area contributed by atoms with Gasteiger partial charge in [0.2, 0.25) is 11.6 Å². The molecular weight excluding hydrogens is 340 g/mol. The van der Waals surface area contributed by atoms with E-state index in [4.69, 9.17) is 26.4 Å². The zero-order valence-corrected chi connectivity index (χ0v) is 14.1. The monoisotopic (exact) mass is 354 g/mol. The van der Waals surface area contributed by atoms with Crippen LogP contribution < -0.4 is 14.2 Å². The maximum absolute atomic E-state index is 5.41. The molecule has 126 valence electrons. The zero-order valence-electron chi connectivity index (χ0n) is 13.3. The van der Waals surface area contributed by atoms with Gasteiger partial charge in [0.1, 0.15) is 5.75 Å². The third kappa shape index (κ3) is 2.87. The molecule has 0 amide bonds. The molecule has 0 saturated carbocycles. The first kappa shape index (κ1) is 15.4. The smallest absolute Gasteiger partial charge is 0.231 e. The minimum atomic E-state index is 0.198. The average molecular weight is 354 g/mol. The van der Waals surface area contributed by atoms with Gasteiger partial charge < -0.3 is 14.2 Å². The van der Waals surface area contributed by atoms with Crippen LogP contribution in [0.25, 0.3) is 11.4 Å². The van der Waals surface area contributed by atoms with Crippen LogP contribution in [-0.2, 0) is 0 Å². The summed E-state index contributed by atoms with van der Waals surface area (Å²) in [6, 6.07) is 13.3. The molecule has 1 aliphatic rings. The molecule has 0 radical (unpaired) electrons. The molecule has 0 spiro atoms. The predicted molar refractivity (Wildman–Crippen MR) is 95.0 cm³/mol. The number of hydrogen-bond acceptors (Lipinski definition) is 6. The van der Waals surface area contributed by atoms with Gasteiger partial charge in [-0.2, -0.15) is 14.9 Å². The predicted octanol–water partition coefficient (Wildman–Crippen LogP) is 3.23. The summed E-state index contributed by atoms with van der Waals surface area (Å²) in [5.74, 6) is 2.56. The number of aromatic amines is 1. The van der Waals surface area contributed by atoms with Crippen molar-refractivity contribution in [3.05, 3.63) is 52.8 Å². The first-order valence-corrected chi connectivity index (χ1v) is 7.92. The molecule has 0 fully saturated rings. The molecule has 25 heavy (non-hydrogen) atoms. The van der Waals surface area contributed by atoms with E-state index >= 15 is 0 Å². The largest absolute Gasteiger partial charge is 0.496 e. The fourth-order valence-corrected chi connectivity index (χ4v) is 2.69. The average Bonchev–Trinajstić information content (AvgIpc) is 3.25. The molecule has 2 heterocycles. The summed E-state index contributed by atoms with van der Waals surface area (Å²) in [5.41, 5.74) is 1.65. The van der Waals surface area contributed by atoms with Crippen molar-refractivity contribution in [3.8, 4) is 28.6 Å². The Morgan fingerprint density at radius 1 is 1.24 bits per heavy atom. The minimum Gasteiger partial charge on any atom is -0.496 e. The third-order valence-electron chi connectivity index (χ3n) is 3.72. The van der Waals surface area contributed by atoms with Crippen LogP contribution in [0.1, 0.15) is 5.56 Å². The lowest BCUT2D eigenvalue weighted by molar-refractivity contribution is 0.174. The second-order valence-corrected chi connectivity index (χ2v) is 5.61. The lowest BCUT2D eigenvalue weighted by Gasteiger charge is -2.06. The van der Waals surface area contributed by atoms with Gasteiger partial charge in [0.25, 0.3) is 0 Å². The van der Waals surface area contributed by atoms with E-state index in [-0.39, 0.29) is 6.79 Å². The van der Waals surface area contributed by atoms with Gasteiger partial charge in [-0.25, -0.2) is 5.10 Å². The fourth-order valence-electron chi connectivity index (χ4n) is 2.51. The Kier molecular flexibility index (Phi) is 3.95. The van der Waals surface area contributed by atoms with E-state index in [0.29, 0.717) is 27.8 Å². The fraction of sp³-hybridized carbons (Fsp3) is 0.118. The van der Waals surface area contributed by atoms with E-state index in [9.17, 15) is 0 Å². The first-order chi connectivity index (χ1) is 12.3. The molecule has 2 aromatic carbocycles. The number of hydrogen-bond donors (Lipinski definition) is 1. The molecule has 0 saturated heterocycles. The number of nitrogens with zero attached hydrogens (tertiary/aromatic N) is 3. The number of methoxy groups -OCH3 is 1. The summed E-state index contributed by atoms with van der Waals surface area (Å²) in [4.78, 5) is 0. The van der Waals surface area contributed by atoms with Crippen molar-refractivity contribution < 1.29 is 14.2 Å². The van der Waals surface area contributed by atoms with Crippen LogP contribution in [0, 0.1) is 4.77 Å². The quantitative estimate of drug-likeness (QED) is 0.575. The Morgan fingerprint density at radius 2 is 2.00 bits per heavy atom. The molecule has 8 heteroatoms. The summed E-state index contributed by atoms with van der Waals surface area (Å²) in [5, 5.41) is 11.5. The van der Waals surface area contributed by atoms with E-state index < -0.39 is 0 Å². The standard InChI is InChI=1S/C17H14N4O3S/c1-22-13-8-15-14(23-10-24-15)7-12(13)9-18-21-16(19-20-17(21)25)11-5-3-2-4-6-11/h2-9H,10H2,1H3,(H,20,25)/b18-9-. The molecule has 1 aliphatic heterocycles. The Morgan fingerprint density at radius 3 is 2.76 bits per heavy atom. The summed E-state index contributed by atoms with van der Waals surface area (Å²) in [6.07, 6.45) is 1.65. The third-order valence-corrected chi connectivity index (χ3v) is 3.98. The number of fused-ring (bicyclic) bond motifs is 1. The van der Waals surface area contributed by atoms with Gasteiger partial charge in [0.05, 0.1) is 13.3 Å². The van der Waals surface area contributed by atoms with Crippen molar-refractivity contribution in [2.45, 2.75) is 0 Å². The van der Waals surface area contributed by atoms with E-state index in [2.05, 4.69) is 15.3 Å². The maximum Gasteiger partial charge on any atom is 0.231 e. The van der Waals surface area contributed by atoms with Crippen molar-refractivity contribution >= 4 is 18.4 Å². The summed E-state index contributed by atoms with van der Waals surface area (Å²) < 4.78 is 18.1. The van der Waals surface area contributed by atoms with Gasteiger partial charge in [0, 0.05) is 17.2 Å². The highest BCUT2D eigenvalue weighted by Gasteiger charge is 2.17. The number of ether oxygens (including phenoxy) is 3. The lowest BCUT2D eigenvalue weighted by Crippen LogP contribution is -1.97. The van der Waals surface area contributed by atoms with Crippen LogP contribution in [0.15, 0.2) is 47.6 Å². The normalized spacial score (nSPS) is 12.7. The summed E-state index contributed by atoms with van der Waals surface area (Å²) >= 11 is 5.28. The van der Waals surface area contributed by atoms with Crippen molar-refractivity contribution in [2.24, 2.45) is 5.10 Å². The second-order valence-electron chi connectivity index (χ2n) is 5.22. The number of benzene rings is 2. The van der Waals surface area contributed by atoms with Gasteiger partial charge >= 0.3 is 0 Å². The number of nitrogens with one attached hydrogen (secondary N) is 1. The topological polar surface area (TPSA) is 73.7 Å². The molecular formula is C17H14N4O3S. The second kappa shape index (κ2) is 6.40. The van der Waals surface area contributed by atoms with E-state index in [1.165, 1.54) is 0 Å². The summed E-state index contributed by atoms with van der Waals surface area (Å²) in [6.45, 7) is 0.198. The van der Waals surface area contributed by atoms with Crippen LogP contribution in [0.5, 0.6) is 17.2 Å². The molecule has 0 unspecified atom stereocenters. The highest BCUT2D eigenvalue weighted by atomic mass is 32.1. The van der Waals surface area contributed by atoms with Gasteiger partial charge in [0.15, 0.2) is 17.3 Å². The number of H-pyrrole nitrogens is 1. The zero-order chi connectivity index (χ0) is 17.2. The highest BCUT2D eigenvalue weighted by molar-refractivity contribution is 7.71. The molecule has 3 aromatic rings. The highest BCUT2D eigenvalue weighted by Crippen LogP contribution is 2.37. The molecule has 0 bridgehead atoms. The number of rotatable bonds is 4. The lowest BCUT2D eigenvalue weighted by atomic mass is 10.2.